The van der Waals surface area contributed by atoms with E-state index in [0.717, 1.165) is 38.2 Å². The lowest BCUT2D eigenvalue weighted by Gasteiger charge is -2.41. The molecule has 0 aromatic heterocycles. The number of ether oxygens (including phenoxy) is 1. The Labute approximate surface area is 150 Å². The van der Waals surface area contributed by atoms with Crippen molar-refractivity contribution >= 4 is 5.91 Å². The summed E-state index contributed by atoms with van der Waals surface area (Å²) in [6.07, 6.45) is 0.726. The molecule has 2 atom stereocenters. The lowest BCUT2D eigenvalue weighted by molar-refractivity contribution is -0.151. The zero-order valence-electron chi connectivity index (χ0n) is 15.0. The number of benzene rings is 1. The second-order valence-corrected chi connectivity index (χ2v) is 6.97. The number of hydrogen-bond acceptors (Lipinski definition) is 5. The van der Waals surface area contributed by atoms with E-state index in [9.17, 15) is 9.90 Å². The summed E-state index contributed by atoms with van der Waals surface area (Å²) in [6, 6.07) is 9.67. The maximum atomic E-state index is 13.0. The van der Waals surface area contributed by atoms with E-state index in [2.05, 4.69) is 16.8 Å². The summed E-state index contributed by atoms with van der Waals surface area (Å²) in [5.74, 6) is 0.125. The Morgan fingerprint density at radius 3 is 2.72 bits per heavy atom. The molecule has 2 aliphatic heterocycles. The molecule has 2 fully saturated rings. The van der Waals surface area contributed by atoms with E-state index >= 15 is 0 Å². The summed E-state index contributed by atoms with van der Waals surface area (Å²) in [5.41, 5.74) is 1.02. The van der Waals surface area contributed by atoms with E-state index in [-0.39, 0.29) is 24.7 Å². The molecule has 1 amide bonds. The van der Waals surface area contributed by atoms with Gasteiger partial charge in [0.25, 0.3) is 0 Å². The van der Waals surface area contributed by atoms with Crippen molar-refractivity contribution in [1.82, 2.24) is 14.7 Å². The van der Waals surface area contributed by atoms with Crippen molar-refractivity contribution in [2.75, 3.05) is 59.5 Å². The topological polar surface area (TPSA) is 56.2 Å². The van der Waals surface area contributed by atoms with Crippen LogP contribution in [0.4, 0.5) is 0 Å². The average Bonchev–Trinajstić information content (AvgIpc) is 2.86. The third kappa shape index (κ3) is 4.58. The van der Waals surface area contributed by atoms with Crippen molar-refractivity contribution in [3.05, 3.63) is 35.9 Å². The summed E-state index contributed by atoms with van der Waals surface area (Å²) in [5, 5.41) is 9.73. The Morgan fingerprint density at radius 1 is 1.16 bits per heavy atom. The molecule has 2 aliphatic rings. The van der Waals surface area contributed by atoms with Crippen LogP contribution in [-0.2, 0) is 9.53 Å². The quantitative estimate of drug-likeness (QED) is 0.864. The highest BCUT2D eigenvalue weighted by molar-refractivity contribution is 5.79. The first-order chi connectivity index (χ1) is 12.2. The lowest BCUT2D eigenvalue weighted by atomic mass is 9.98. The lowest BCUT2D eigenvalue weighted by Crippen LogP contribution is -2.52. The highest BCUT2D eigenvalue weighted by atomic mass is 16.5. The van der Waals surface area contributed by atoms with Crippen LogP contribution in [0.15, 0.2) is 30.3 Å². The largest absolute Gasteiger partial charge is 0.394 e. The minimum atomic E-state index is -0.365. The molecule has 6 nitrogen and oxygen atoms in total. The molecule has 0 radical (unpaired) electrons. The molecule has 3 rings (SSSR count). The van der Waals surface area contributed by atoms with Gasteiger partial charge in [-0.15, -0.1) is 0 Å². The smallest absolute Gasteiger partial charge is 0.237 e. The normalized spacial score (nSPS) is 26.4. The molecule has 25 heavy (non-hydrogen) atoms. The Morgan fingerprint density at radius 2 is 1.96 bits per heavy atom. The number of nitrogens with zero attached hydrogens (tertiary/aromatic N) is 3. The van der Waals surface area contributed by atoms with Crippen molar-refractivity contribution in [3.8, 4) is 0 Å². The first-order valence-corrected chi connectivity index (χ1v) is 9.17. The van der Waals surface area contributed by atoms with Gasteiger partial charge in [-0.3, -0.25) is 9.69 Å². The molecule has 6 heteroatoms. The van der Waals surface area contributed by atoms with Gasteiger partial charge in [-0.2, -0.15) is 0 Å². The fraction of sp³-hybridized carbons (Fsp3) is 0.632. The predicted molar refractivity (Wildman–Crippen MR) is 96.3 cm³/mol. The van der Waals surface area contributed by atoms with Crippen LogP contribution in [0.3, 0.4) is 0 Å². The molecule has 0 aliphatic carbocycles. The molecular weight excluding hydrogens is 318 g/mol. The monoisotopic (exact) mass is 347 g/mol. The minimum Gasteiger partial charge on any atom is -0.394 e. The van der Waals surface area contributed by atoms with E-state index < -0.39 is 0 Å². The van der Waals surface area contributed by atoms with Crippen LogP contribution >= 0.6 is 0 Å². The summed E-state index contributed by atoms with van der Waals surface area (Å²) in [4.78, 5) is 19.5. The third-order valence-electron chi connectivity index (χ3n) is 5.16. The molecule has 1 N–H and O–H groups in total. The van der Waals surface area contributed by atoms with Crippen LogP contribution in [0.1, 0.15) is 18.0 Å². The van der Waals surface area contributed by atoms with Crippen LogP contribution in [0.2, 0.25) is 0 Å². The number of amides is 1. The van der Waals surface area contributed by atoms with Crippen molar-refractivity contribution in [2.24, 2.45) is 0 Å². The summed E-state index contributed by atoms with van der Waals surface area (Å²) in [7, 11) is 2.13. The van der Waals surface area contributed by atoms with Gasteiger partial charge in [0, 0.05) is 19.6 Å². The van der Waals surface area contributed by atoms with Gasteiger partial charge in [-0.1, -0.05) is 30.3 Å². The Kier molecular flexibility index (Phi) is 6.42. The van der Waals surface area contributed by atoms with Crippen LogP contribution in [0.5, 0.6) is 0 Å². The van der Waals surface area contributed by atoms with Gasteiger partial charge < -0.3 is 19.6 Å². The SMILES string of the molecule is CN1CCCN(CC(=O)N2CCO[C@H](CO)[C@H]2c2ccccc2)CC1. The molecule has 1 aromatic carbocycles. The Hall–Kier alpha value is -1.47. The zero-order valence-corrected chi connectivity index (χ0v) is 15.0. The van der Waals surface area contributed by atoms with E-state index in [1.165, 1.54) is 0 Å². The van der Waals surface area contributed by atoms with Crippen molar-refractivity contribution in [3.63, 3.8) is 0 Å². The maximum absolute atomic E-state index is 13.0. The minimum absolute atomic E-state index is 0.0855. The first kappa shape index (κ1) is 18.3. The standard InChI is InChI=1S/C19H29N3O3/c1-20-8-5-9-21(11-10-20)14-18(24)22-12-13-25-17(15-23)19(22)16-6-3-2-4-7-16/h2-4,6-7,17,19,23H,5,8-15H2,1H3/t17-,19-/m1/s1. The second kappa shape index (κ2) is 8.76. The number of carbonyl (C=O) groups excluding carboxylic acids is 1. The van der Waals surface area contributed by atoms with Crippen molar-refractivity contribution in [1.29, 1.82) is 0 Å². The van der Waals surface area contributed by atoms with Crippen LogP contribution in [-0.4, -0.2) is 91.3 Å². The number of aliphatic hydroxyl groups excluding tert-OH is 1. The molecule has 2 saturated heterocycles. The molecule has 1 aromatic rings. The van der Waals surface area contributed by atoms with Crippen LogP contribution in [0.25, 0.3) is 0 Å². The summed E-state index contributed by atoms with van der Waals surface area (Å²) in [6.45, 7) is 5.37. The number of carbonyl (C=O) groups is 1. The van der Waals surface area contributed by atoms with Gasteiger partial charge in [0.1, 0.15) is 6.10 Å². The summed E-state index contributed by atoms with van der Waals surface area (Å²) < 4.78 is 5.73. The molecule has 0 bridgehead atoms. The number of rotatable bonds is 4. The average molecular weight is 347 g/mol. The number of aliphatic hydroxyl groups is 1. The van der Waals surface area contributed by atoms with Crippen LogP contribution < -0.4 is 0 Å². The van der Waals surface area contributed by atoms with Crippen molar-refractivity contribution < 1.29 is 14.6 Å². The third-order valence-corrected chi connectivity index (χ3v) is 5.16. The Bertz CT molecular complexity index is 554. The highest BCUT2D eigenvalue weighted by Gasteiger charge is 2.36. The van der Waals surface area contributed by atoms with E-state index in [0.29, 0.717) is 19.7 Å². The van der Waals surface area contributed by atoms with Gasteiger partial charge in [-0.25, -0.2) is 0 Å². The van der Waals surface area contributed by atoms with Crippen molar-refractivity contribution in [2.45, 2.75) is 18.6 Å². The van der Waals surface area contributed by atoms with Gasteiger partial charge in [-0.05, 0) is 32.1 Å². The van der Waals surface area contributed by atoms with Crippen LogP contribution in [0, 0.1) is 0 Å². The molecular formula is C19H29N3O3. The fourth-order valence-electron chi connectivity index (χ4n) is 3.75. The molecule has 2 heterocycles. The summed E-state index contributed by atoms with van der Waals surface area (Å²) >= 11 is 0. The van der Waals surface area contributed by atoms with E-state index in [4.69, 9.17) is 4.74 Å². The molecule has 0 unspecified atom stereocenters. The predicted octanol–water partition coefficient (Wildman–Crippen LogP) is 0.585. The Balaban J connectivity index is 1.72. The second-order valence-electron chi connectivity index (χ2n) is 6.97. The van der Waals surface area contributed by atoms with Gasteiger partial charge >= 0.3 is 0 Å². The van der Waals surface area contributed by atoms with Gasteiger partial charge in [0.2, 0.25) is 5.91 Å². The van der Waals surface area contributed by atoms with E-state index in [1.807, 2.05) is 35.2 Å². The number of morpholine rings is 1. The molecule has 138 valence electrons. The fourth-order valence-corrected chi connectivity index (χ4v) is 3.75. The number of likely N-dealkylation sites (N-methyl/N-ethyl adjacent to an activating group) is 1. The maximum Gasteiger partial charge on any atom is 0.237 e. The molecule has 0 saturated carbocycles. The molecule has 0 spiro atoms. The van der Waals surface area contributed by atoms with Gasteiger partial charge in [0.05, 0.1) is 25.8 Å². The number of hydrogen-bond donors (Lipinski definition) is 1. The first-order valence-electron chi connectivity index (χ1n) is 9.17. The van der Waals surface area contributed by atoms with Gasteiger partial charge in [0.15, 0.2) is 0 Å². The zero-order chi connectivity index (χ0) is 17.6. The highest BCUT2D eigenvalue weighted by Crippen LogP contribution is 2.29. The van der Waals surface area contributed by atoms with E-state index in [1.54, 1.807) is 0 Å².